The van der Waals surface area contributed by atoms with Crippen molar-refractivity contribution in [2.45, 2.75) is 13.5 Å². The topological polar surface area (TPSA) is 29.9 Å². The molecule has 0 aliphatic heterocycles. The van der Waals surface area contributed by atoms with E-state index in [-0.39, 0.29) is 0 Å². The second-order valence-electron chi connectivity index (χ2n) is 3.66. The highest BCUT2D eigenvalue weighted by atomic mass is 79.9. The van der Waals surface area contributed by atoms with E-state index in [1.807, 2.05) is 10.9 Å². The van der Waals surface area contributed by atoms with Gasteiger partial charge in [0.2, 0.25) is 0 Å². The Bertz CT molecular complexity index is 508. The van der Waals surface area contributed by atoms with E-state index >= 15 is 0 Å². The third-order valence-electron chi connectivity index (χ3n) is 2.41. The first kappa shape index (κ1) is 12.8. The highest BCUT2D eigenvalue weighted by Gasteiger charge is 2.06. The van der Waals surface area contributed by atoms with Crippen LogP contribution in [0.25, 0.3) is 5.69 Å². The summed E-state index contributed by atoms with van der Waals surface area (Å²) in [6, 6.07) is 6.23. The van der Waals surface area contributed by atoms with Crippen molar-refractivity contribution in [3.63, 3.8) is 0 Å². The molecule has 0 amide bonds. The third-order valence-corrected chi connectivity index (χ3v) is 3.31. The van der Waals surface area contributed by atoms with Crippen LogP contribution in [0.4, 0.5) is 0 Å². The van der Waals surface area contributed by atoms with Crippen molar-refractivity contribution in [2.75, 3.05) is 6.54 Å². The van der Waals surface area contributed by atoms with Crippen LogP contribution in [-0.2, 0) is 6.54 Å². The Balaban J connectivity index is 2.39. The zero-order valence-electron chi connectivity index (χ0n) is 9.45. The van der Waals surface area contributed by atoms with Gasteiger partial charge in [-0.3, -0.25) is 0 Å². The van der Waals surface area contributed by atoms with Crippen LogP contribution in [0, 0.1) is 0 Å². The summed E-state index contributed by atoms with van der Waals surface area (Å²) in [5.74, 6) is 0. The monoisotopic (exact) mass is 357 g/mol. The van der Waals surface area contributed by atoms with Gasteiger partial charge >= 0.3 is 0 Å². The summed E-state index contributed by atoms with van der Waals surface area (Å²) in [5.41, 5.74) is 2.32. The number of aromatic nitrogens is 2. The molecule has 0 spiro atoms. The first-order valence-electron chi connectivity index (χ1n) is 5.40. The number of benzene rings is 1. The van der Waals surface area contributed by atoms with Crippen LogP contribution >= 0.6 is 31.9 Å². The Labute approximate surface area is 117 Å². The second kappa shape index (κ2) is 5.80. The van der Waals surface area contributed by atoms with Gasteiger partial charge in [0.15, 0.2) is 0 Å². The Morgan fingerprint density at radius 3 is 2.76 bits per heavy atom. The van der Waals surface area contributed by atoms with Gasteiger partial charge < -0.3 is 5.32 Å². The van der Waals surface area contributed by atoms with E-state index in [1.54, 1.807) is 6.20 Å². The quantitative estimate of drug-likeness (QED) is 0.906. The summed E-state index contributed by atoms with van der Waals surface area (Å²) in [4.78, 5) is 0. The minimum atomic E-state index is 0.844. The zero-order valence-corrected chi connectivity index (χ0v) is 12.6. The highest BCUT2D eigenvalue weighted by molar-refractivity contribution is 9.10. The lowest BCUT2D eigenvalue weighted by atomic mass is 10.2. The molecule has 0 saturated carbocycles. The standard InChI is InChI=1S/C12H13Br2N3/c1-2-15-6-9-3-4-10(13)5-12(9)17-8-11(14)7-16-17/h3-5,7-8,15H,2,6H2,1H3. The second-order valence-corrected chi connectivity index (χ2v) is 5.49. The molecule has 2 rings (SSSR count). The summed E-state index contributed by atoms with van der Waals surface area (Å²) < 4.78 is 3.91. The van der Waals surface area contributed by atoms with E-state index in [0.717, 1.165) is 27.7 Å². The van der Waals surface area contributed by atoms with E-state index in [9.17, 15) is 0 Å². The van der Waals surface area contributed by atoms with Gasteiger partial charge in [-0.05, 0) is 40.2 Å². The van der Waals surface area contributed by atoms with Crippen molar-refractivity contribution in [1.82, 2.24) is 15.1 Å². The fourth-order valence-corrected chi connectivity index (χ4v) is 2.23. The third kappa shape index (κ3) is 3.18. The van der Waals surface area contributed by atoms with Crippen LogP contribution in [0.3, 0.4) is 0 Å². The normalized spacial score (nSPS) is 10.8. The van der Waals surface area contributed by atoms with Gasteiger partial charge in [-0.2, -0.15) is 5.10 Å². The molecule has 1 heterocycles. The average molecular weight is 359 g/mol. The van der Waals surface area contributed by atoms with Gasteiger partial charge in [0.1, 0.15) is 0 Å². The molecule has 0 saturated heterocycles. The summed E-state index contributed by atoms with van der Waals surface area (Å²) in [6.45, 7) is 3.90. The molecule has 0 atom stereocenters. The lowest BCUT2D eigenvalue weighted by Crippen LogP contribution is -2.14. The molecule has 17 heavy (non-hydrogen) atoms. The molecule has 0 fully saturated rings. The van der Waals surface area contributed by atoms with Crippen LogP contribution in [0.5, 0.6) is 0 Å². The van der Waals surface area contributed by atoms with E-state index < -0.39 is 0 Å². The predicted octanol–water partition coefficient (Wildman–Crippen LogP) is 3.51. The van der Waals surface area contributed by atoms with Crippen molar-refractivity contribution < 1.29 is 0 Å². The van der Waals surface area contributed by atoms with Crippen LogP contribution in [0.2, 0.25) is 0 Å². The first-order valence-corrected chi connectivity index (χ1v) is 6.99. The van der Waals surface area contributed by atoms with Gasteiger partial charge in [-0.25, -0.2) is 4.68 Å². The van der Waals surface area contributed by atoms with Crippen molar-refractivity contribution in [2.24, 2.45) is 0 Å². The first-order chi connectivity index (χ1) is 8.20. The van der Waals surface area contributed by atoms with Crippen molar-refractivity contribution in [1.29, 1.82) is 0 Å². The van der Waals surface area contributed by atoms with Crippen LogP contribution in [0.1, 0.15) is 12.5 Å². The maximum atomic E-state index is 4.32. The minimum absolute atomic E-state index is 0.844. The number of nitrogens with one attached hydrogen (secondary N) is 1. The van der Waals surface area contributed by atoms with Crippen molar-refractivity contribution in [3.05, 3.63) is 45.1 Å². The van der Waals surface area contributed by atoms with Crippen LogP contribution in [-0.4, -0.2) is 16.3 Å². The van der Waals surface area contributed by atoms with Crippen LogP contribution in [0.15, 0.2) is 39.5 Å². The number of hydrogen-bond donors (Lipinski definition) is 1. The molecule has 0 aliphatic rings. The molecule has 1 N–H and O–H groups in total. The van der Waals surface area contributed by atoms with Gasteiger partial charge in [0.25, 0.3) is 0 Å². The molecular weight excluding hydrogens is 346 g/mol. The molecule has 1 aromatic carbocycles. The molecule has 0 unspecified atom stereocenters. The van der Waals surface area contributed by atoms with Gasteiger partial charge in [-0.15, -0.1) is 0 Å². The maximum absolute atomic E-state index is 4.32. The minimum Gasteiger partial charge on any atom is -0.313 e. The lowest BCUT2D eigenvalue weighted by molar-refractivity contribution is 0.716. The number of halogens is 2. The fraction of sp³-hybridized carbons (Fsp3) is 0.250. The molecule has 3 nitrogen and oxygen atoms in total. The Kier molecular flexibility index (Phi) is 4.36. The SMILES string of the molecule is CCNCc1ccc(Br)cc1-n1cc(Br)cn1. The zero-order chi connectivity index (χ0) is 12.3. The summed E-state index contributed by atoms with van der Waals surface area (Å²) in [5, 5.41) is 7.65. The molecule has 0 bridgehead atoms. The van der Waals surface area contributed by atoms with Crippen molar-refractivity contribution in [3.8, 4) is 5.69 Å². The van der Waals surface area contributed by atoms with Gasteiger partial charge in [0.05, 0.1) is 16.4 Å². The summed E-state index contributed by atoms with van der Waals surface area (Å²) in [6.07, 6.45) is 3.75. The van der Waals surface area contributed by atoms with Gasteiger partial charge in [-0.1, -0.05) is 28.9 Å². The molecule has 2 aromatic rings. The van der Waals surface area contributed by atoms with E-state index in [1.165, 1.54) is 5.56 Å². The van der Waals surface area contributed by atoms with Crippen molar-refractivity contribution >= 4 is 31.9 Å². The maximum Gasteiger partial charge on any atom is 0.0702 e. The molecule has 0 radical (unpaired) electrons. The molecule has 90 valence electrons. The number of hydrogen-bond acceptors (Lipinski definition) is 2. The Hall–Kier alpha value is -0.650. The smallest absolute Gasteiger partial charge is 0.0702 e. The molecule has 1 aromatic heterocycles. The van der Waals surface area contributed by atoms with E-state index in [2.05, 4.69) is 67.4 Å². The summed E-state index contributed by atoms with van der Waals surface area (Å²) in [7, 11) is 0. The van der Waals surface area contributed by atoms with E-state index in [4.69, 9.17) is 0 Å². The average Bonchev–Trinajstić information content (AvgIpc) is 2.74. The number of nitrogens with zero attached hydrogens (tertiary/aromatic N) is 2. The molecule has 5 heteroatoms. The predicted molar refractivity (Wildman–Crippen MR) is 76.3 cm³/mol. The fourth-order valence-electron chi connectivity index (χ4n) is 1.59. The Morgan fingerprint density at radius 1 is 1.29 bits per heavy atom. The number of rotatable bonds is 4. The summed E-state index contributed by atoms with van der Waals surface area (Å²) >= 11 is 6.91. The van der Waals surface area contributed by atoms with E-state index in [0.29, 0.717) is 0 Å². The lowest BCUT2D eigenvalue weighted by Gasteiger charge is -2.10. The highest BCUT2D eigenvalue weighted by Crippen LogP contribution is 2.21. The Morgan fingerprint density at radius 2 is 2.12 bits per heavy atom. The van der Waals surface area contributed by atoms with Crippen LogP contribution < -0.4 is 5.32 Å². The van der Waals surface area contributed by atoms with Gasteiger partial charge in [0, 0.05) is 17.2 Å². The molecule has 0 aliphatic carbocycles. The molecular formula is C12H13Br2N3. The largest absolute Gasteiger partial charge is 0.313 e.